The Morgan fingerprint density at radius 2 is 1.67 bits per heavy atom. The molecule has 0 saturated carbocycles. The maximum absolute atomic E-state index is 14.6. The highest BCUT2D eigenvalue weighted by molar-refractivity contribution is 5.99. The maximum Gasteiger partial charge on any atom is 0.461 e. The molecule has 0 aromatic heterocycles. The van der Waals surface area contributed by atoms with E-state index >= 15 is 0 Å². The first-order chi connectivity index (χ1) is 15.0. The molecule has 3 amide bonds. The van der Waals surface area contributed by atoms with Crippen molar-refractivity contribution in [2.75, 3.05) is 6.54 Å². The number of alkyl halides is 5. The lowest BCUT2D eigenvalue weighted by Gasteiger charge is -2.36. The van der Waals surface area contributed by atoms with E-state index < -0.39 is 65.8 Å². The molecule has 12 heteroatoms. The van der Waals surface area contributed by atoms with Crippen LogP contribution < -0.4 is 5.73 Å². The number of halogens is 5. The molecule has 0 radical (unpaired) electrons. The minimum atomic E-state index is -6.16. The fourth-order valence-corrected chi connectivity index (χ4v) is 3.31. The fourth-order valence-electron chi connectivity index (χ4n) is 3.31. The summed E-state index contributed by atoms with van der Waals surface area (Å²) in [6.45, 7) is 8.53. The highest BCUT2D eigenvalue weighted by Gasteiger charge is 2.64. The highest BCUT2D eigenvalue weighted by atomic mass is 19.4. The lowest BCUT2D eigenvalue weighted by Crippen LogP contribution is -2.55. The van der Waals surface area contributed by atoms with Gasteiger partial charge in [-0.05, 0) is 31.6 Å². The Morgan fingerprint density at radius 3 is 2.03 bits per heavy atom. The summed E-state index contributed by atoms with van der Waals surface area (Å²) in [5, 5.41) is 0. The number of esters is 1. The highest BCUT2D eigenvalue weighted by Crippen LogP contribution is 2.45. The topological polar surface area (TPSA) is 92.9 Å². The Kier molecular flexibility index (Phi) is 9.42. The summed E-state index contributed by atoms with van der Waals surface area (Å²) in [6, 6.07) is -2.86. The number of carbonyl (C=O) groups excluding carboxylic acids is 3. The van der Waals surface area contributed by atoms with E-state index in [1.165, 1.54) is 39.5 Å². The molecule has 190 valence electrons. The number of hydrogen-bond acceptors (Lipinski definition) is 5. The van der Waals surface area contributed by atoms with Crippen LogP contribution in [0.4, 0.5) is 26.7 Å². The van der Waals surface area contributed by atoms with Crippen LogP contribution in [0.2, 0.25) is 0 Å². The van der Waals surface area contributed by atoms with Crippen LogP contribution in [0, 0.1) is 11.8 Å². The number of amides is 3. The molecule has 7 nitrogen and oxygen atoms in total. The van der Waals surface area contributed by atoms with Crippen molar-refractivity contribution >= 4 is 17.9 Å². The Balaban J connectivity index is 3.94. The van der Waals surface area contributed by atoms with Gasteiger partial charge in [0.25, 0.3) is 5.91 Å². The van der Waals surface area contributed by atoms with Gasteiger partial charge in [0.15, 0.2) is 0 Å². The summed E-state index contributed by atoms with van der Waals surface area (Å²) in [6.07, 6.45) is -5.56. The van der Waals surface area contributed by atoms with Crippen molar-refractivity contribution in [3.8, 4) is 0 Å². The zero-order valence-electron chi connectivity index (χ0n) is 19.6. The van der Waals surface area contributed by atoms with Crippen molar-refractivity contribution in [3.05, 3.63) is 11.5 Å². The number of nitrogens with zero attached hydrogens (tertiary/aromatic N) is 2. The number of imide groups is 1. The number of rotatable bonds is 7. The van der Waals surface area contributed by atoms with Gasteiger partial charge in [-0.25, -0.2) is 9.69 Å². The molecule has 1 fully saturated rings. The number of carbonyl (C=O) groups is 3. The van der Waals surface area contributed by atoms with Gasteiger partial charge in [-0.2, -0.15) is 22.0 Å². The van der Waals surface area contributed by atoms with Gasteiger partial charge < -0.3 is 15.4 Å². The van der Waals surface area contributed by atoms with E-state index in [2.05, 4.69) is 4.74 Å². The number of urea groups is 1. The standard InChI is InChI=1S/C21H32F5N3O4/c1-7-14(30)33-17(20(22,23)21(24,25)26)16(12(4)5)29(18(31)15(27)11(2)3)19(32)28-10-8-9-13(28)6/h11-13,15H,7-10,27H2,1-6H3/t13-,15+/m1/s1. The van der Waals surface area contributed by atoms with Crippen molar-refractivity contribution in [3.63, 3.8) is 0 Å². The molecule has 1 aliphatic rings. The summed E-state index contributed by atoms with van der Waals surface area (Å²) in [5.74, 6) is -12.1. The van der Waals surface area contributed by atoms with Crippen LogP contribution in [0.3, 0.4) is 0 Å². The molecule has 2 atom stereocenters. The van der Waals surface area contributed by atoms with Gasteiger partial charge >= 0.3 is 24.1 Å². The van der Waals surface area contributed by atoms with Crippen LogP contribution in [-0.2, 0) is 14.3 Å². The van der Waals surface area contributed by atoms with Gasteiger partial charge in [-0.3, -0.25) is 9.59 Å². The predicted octanol–water partition coefficient (Wildman–Crippen LogP) is 4.42. The molecule has 0 bridgehead atoms. The predicted molar refractivity (Wildman–Crippen MR) is 110 cm³/mol. The zero-order chi connectivity index (χ0) is 25.9. The van der Waals surface area contributed by atoms with Crippen molar-refractivity contribution in [2.24, 2.45) is 17.6 Å². The van der Waals surface area contributed by atoms with Crippen LogP contribution in [0.15, 0.2) is 11.5 Å². The van der Waals surface area contributed by atoms with E-state index in [9.17, 15) is 36.3 Å². The normalized spacial score (nSPS) is 19.0. The number of ether oxygens (including phenoxy) is 1. The first-order valence-electron chi connectivity index (χ1n) is 10.8. The average molecular weight is 485 g/mol. The molecular weight excluding hydrogens is 453 g/mol. The second kappa shape index (κ2) is 10.8. The molecule has 1 rings (SSSR count). The number of likely N-dealkylation sites (tertiary alicyclic amines) is 1. The lowest BCUT2D eigenvalue weighted by molar-refractivity contribution is -0.276. The molecule has 1 aliphatic heterocycles. The van der Waals surface area contributed by atoms with E-state index in [0.29, 0.717) is 12.8 Å². The average Bonchev–Trinajstić information content (AvgIpc) is 3.13. The molecule has 0 aromatic rings. The Hall–Kier alpha value is -2.24. The number of allylic oxidation sites excluding steroid dienone is 2. The molecule has 33 heavy (non-hydrogen) atoms. The molecule has 2 N–H and O–H groups in total. The third-order valence-electron chi connectivity index (χ3n) is 5.38. The van der Waals surface area contributed by atoms with E-state index in [-0.39, 0.29) is 17.5 Å². The first-order valence-corrected chi connectivity index (χ1v) is 10.8. The van der Waals surface area contributed by atoms with Gasteiger partial charge in [-0.1, -0.05) is 34.6 Å². The maximum atomic E-state index is 14.6. The van der Waals surface area contributed by atoms with Crippen LogP contribution in [-0.4, -0.2) is 58.4 Å². The first kappa shape index (κ1) is 28.8. The van der Waals surface area contributed by atoms with Crippen molar-refractivity contribution < 1.29 is 41.1 Å². The number of hydrogen-bond donors (Lipinski definition) is 1. The number of nitrogens with two attached hydrogens (primary N) is 1. The molecular formula is C21H32F5N3O4. The smallest absolute Gasteiger partial charge is 0.422 e. The van der Waals surface area contributed by atoms with E-state index in [1.807, 2.05) is 0 Å². The molecule has 0 aliphatic carbocycles. The quantitative estimate of drug-likeness (QED) is 0.327. The molecule has 1 saturated heterocycles. The van der Waals surface area contributed by atoms with Gasteiger partial charge in [0.2, 0.25) is 5.76 Å². The fraction of sp³-hybridized carbons (Fsp3) is 0.762. The summed E-state index contributed by atoms with van der Waals surface area (Å²) >= 11 is 0. The summed E-state index contributed by atoms with van der Waals surface area (Å²) in [4.78, 5) is 39.9. The van der Waals surface area contributed by atoms with Crippen LogP contribution in [0.5, 0.6) is 0 Å². The van der Waals surface area contributed by atoms with Gasteiger partial charge in [0.05, 0.1) is 11.7 Å². The summed E-state index contributed by atoms with van der Waals surface area (Å²) in [5.41, 5.74) is 4.84. The largest absolute Gasteiger partial charge is 0.461 e. The molecule has 0 unspecified atom stereocenters. The van der Waals surface area contributed by atoms with Gasteiger partial charge in [-0.15, -0.1) is 0 Å². The Morgan fingerprint density at radius 1 is 1.12 bits per heavy atom. The second-order valence-corrected chi connectivity index (χ2v) is 8.68. The Bertz CT molecular complexity index is 780. The van der Waals surface area contributed by atoms with Crippen molar-refractivity contribution in [2.45, 2.75) is 85.0 Å². The van der Waals surface area contributed by atoms with Crippen molar-refractivity contribution in [1.29, 1.82) is 0 Å². The van der Waals surface area contributed by atoms with E-state index in [4.69, 9.17) is 5.73 Å². The lowest BCUT2D eigenvalue weighted by atomic mass is 10.00. The second-order valence-electron chi connectivity index (χ2n) is 8.68. The minimum Gasteiger partial charge on any atom is -0.422 e. The van der Waals surface area contributed by atoms with Gasteiger partial charge in [0.1, 0.15) is 0 Å². The monoisotopic (exact) mass is 485 g/mol. The van der Waals surface area contributed by atoms with Crippen LogP contribution in [0.25, 0.3) is 0 Å². The van der Waals surface area contributed by atoms with E-state index in [1.54, 1.807) is 6.92 Å². The van der Waals surface area contributed by atoms with Gasteiger partial charge in [0, 0.05) is 19.0 Å². The van der Waals surface area contributed by atoms with E-state index in [0.717, 1.165) is 0 Å². The molecule has 0 spiro atoms. The molecule has 0 aromatic carbocycles. The summed E-state index contributed by atoms with van der Waals surface area (Å²) < 4.78 is 73.9. The SMILES string of the molecule is CCC(=O)OC(=C(C(C)C)N(C(=O)[C@@H](N)C(C)C)C(=O)N1CCC[C@H]1C)C(F)(F)C(F)(F)F. The van der Waals surface area contributed by atoms with Crippen molar-refractivity contribution in [1.82, 2.24) is 9.80 Å². The zero-order valence-corrected chi connectivity index (χ0v) is 19.6. The van der Waals surface area contributed by atoms with Crippen LogP contribution >= 0.6 is 0 Å². The van der Waals surface area contributed by atoms with Crippen LogP contribution in [0.1, 0.15) is 60.8 Å². The Labute approximate surface area is 190 Å². The third-order valence-corrected chi connectivity index (χ3v) is 5.38. The summed E-state index contributed by atoms with van der Waals surface area (Å²) in [7, 11) is 0. The third kappa shape index (κ3) is 6.21. The minimum absolute atomic E-state index is 0.172. The molecule has 1 heterocycles.